The Hall–Kier alpha value is -4.42. The van der Waals surface area contributed by atoms with E-state index in [-0.39, 0.29) is 47.2 Å². The van der Waals surface area contributed by atoms with Crippen LogP contribution in [0.15, 0.2) is 60.7 Å². The van der Waals surface area contributed by atoms with Crippen molar-refractivity contribution in [3.8, 4) is 23.0 Å². The topological polar surface area (TPSA) is 104 Å². The van der Waals surface area contributed by atoms with Crippen LogP contribution < -0.4 is 23.8 Å². The van der Waals surface area contributed by atoms with Crippen LogP contribution in [0.25, 0.3) is 0 Å². The summed E-state index contributed by atoms with van der Waals surface area (Å²) < 4.78 is 68.7. The molecule has 0 fully saturated rings. The average molecular weight is 638 g/mol. The monoisotopic (exact) mass is 637 g/mol. The van der Waals surface area contributed by atoms with Gasteiger partial charge in [0.05, 0.1) is 57.9 Å². The maximum atomic E-state index is 14.1. The van der Waals surface area contributed by atoms with Gasteiger partial charge in [-0.15, -0.1) is 0 Å². The van der Waals surface area contributed by atoms with Crippen molar-refractivity contribution < 1.29 is 51.6 Å². The highest BCUT2D eigenvalue weighted by Crippen LogP contribution is 2.45. The SMILES string of the molecule is CCOC(=O)/C=C/C(=O)N(Cc1ccc(OC)cc1OC)c1cc(C(F)(F)F)c(Cl)cc1C(O)c1cccc(OC)c1OC. The smallest absolute Gasteiger partial charge is 0.417 e. The van der Waals surface area contributed by atoms with Gasteiger partial charge in [0.25, 0.3) is 5.91 Å². The summed E-state index contributed by atoms with van der Waals surface area (Å²) in [6.45, 7) is 1.25. The standard InChI is InChI=1S/C31H31ClF3NO8/c1-6-44-28(38)13-12-27(37)36(17-18-10-11-19(40-2)14-26(18)42-4)24-16-22(31(33,34)35)23(32)15-21(24)29(39)20-8-7-9-25(41-3)30(20)43-5/h7-16,29,39H,6,17H2,1-5H3/b13-12+. The Morgan fingerprint density at radius 1 is 0.932 bits per heavy atom. The molecule has 13 heteroatoms. The molecule has 44 heavy (non-hydrogen) atoms. The van der Waals surface area contributed by atoms with E-state index < -0.39 is 34.7 Å². The van der Waals surface area contributed by atoms with Crippen LogP contribution in [0.2, 0.25) is 5.02 Å². The van der Waals surface area contributed by atoms with Gasteiger partial charge in [-0.2, -0.15) is 13.2 Å². The Labute approximate surface area is 257 Å². The molecule has 3 aromatic rings. The average Bonchev–Trinajstić information content (AvgIpc) is 3.01. The van der Waals surface area contributed by atoms with E-state index in [9.17, 15) is 27.9 Å². The van der Waals surface area contributed by atoms with Gasteiger partial charge in [0.2, 0.25) is 0 Å². The lowest BCUT2D eigenvalue weighted by Crippen LogP contribution is -2.31. The predicted molar refractivity (Wildman–Crippen MR) is 157 cm³/mol. The zero-order valence-corrected chi connectivity index (χ0v) is 25.3. The molecule has 9 nitrogen and oxygen atoms in total. The summed E-state index contributed by atoms with van der Waals surface area (Å²) in [5, 5.41) is 10.9. The van der Waals surface area contributed by atoms with Crippen molar-refractivity contribution in [3.05, 3.63) is 88.0 Å². The van der Waals surface area contributed by atoms with Gasteiger partial charge in [0.1, 0.15) is 17.6 Å². The fourth-order valence-electron chi connectivity index (χ4n) is 4.40. The minimum Gasteiger partial charge on any atom is -0.497 e. The van der Waals surface area contributed by atoms with Crippen LogP contribution >= 0.6 is 11.6 Å². The molecule has 0 saturated heterocycles. The second-order valence-corrected chi connectivity index (χ2v) is 9.47. The van der Waals surface area contributed by atoms with Crippen molar-refractivity contribution in [3.63, 3.8) is 0 Å². The van der Waals surface area contributed by atoms with E-state index in [1.165, 1.54) is 40.6 Å². The van der Waals surface area contributed by atoms with Crippen molar-refractivity contribution in [2.24, 2.45) is 0 Å². The molecule has 0 aliphatic carbocycles. The van der Waals surface area contributed by atoms with Crippen LogP contribution in [0.4, 0.5) is 18.9 Å². The number of ether oxygens (including phenoxy) is 5. The molecule has 0 bridgehead atoms. The van der Waals surface area contributed by atoms with Gasteiger partial charge in [-0.25, -0.2) is 4.79 Å². The maximum absolute atomic E-state index is 14.1. The highest BCUT2D eigenvalue weighted by Gasteiger charge is 2.37. The number of carbonyl (C=O) groups excluding carboxylic acids is 2. The zero-order chi connectivity index (χ0) is 32.6. The lowest BCUT2D eigenvalue weighted by atomic mass is 9.96. The molecule has 1 amide bonds. The second kappa shape index (κ2) is 14.8. The number of aliphatic hydroxyl groups excluding tert-OH is 1. The summed E-state index contributed by atoms with van der Waals surface area (Å²) in [5.74, 6) is -0.692. The number of hydrogen-bond acceptors (Lipinski definition) is 8. The molecule has 1 atom stereocenters. The van der Waals surface area contributed by atoms with E-state index in [0.29, 0.717) is 17.4 Å². The van der Waals surface area contributed by atoms with Crippen LogP contribution in [0.3, 0.4) is 0 Å². The van der Waals surface area contributed by atoms with Crippen molar-refractivity contribution in [2.45, 2.75) is 25.7 Å². The van der Waals surface area contributed by atoms with E-state index in [1.54, 1.807) is 31.2 Å². The summed E-state index contributed by atoms with van der Waals surface area (Å²) in [5.41, 5.74) is -1.28. The van der Waals surface area contributed by atoms with Gasteiger partial charge in [0.15, 0.2) is 11.5 Å². The van der Waals surface area contributed by atoms with Crippen LogP contribution in [-0.4, -0.2) is 52.0 Å². The third-order valence-corrected chi connectivity index (χ3v) is 6.79. The molecule has 0 saturated carbocycles. The molecule has 0 aliphatic heterocycles. The molecule has 0 heterocycles. The quantitative estimate of drug-likeness (QED) is 0.187. The van der Waals surface area contributed by atoms with Gasteiger partial charge >= 0.3 is 12.1 Å². The lowest BCUT2D eigenvalue weighted by molar-refractivity contribution is -0.138. The van der Waals surface area contributed by atoms with Gasteiger partial charge < -0.3 is 33.7 Å². The van der Waals surface area contributed by atoms with E-state index >= 15 is 0 Å². The molecule has 0 radical (unpaired) electrons. The number of carbonyl (C=O) groups is 2. The number of hydrogen-bond donors (Lipinski definition) is 1. The van der Waals surface area contributed by atoms with Gasteiger partial charge in [-0.05, 0) is 37.3 Å². The molecule has 0 aliphatic rings. The Morgan fingerprint density at radius 3 is 2.23 bits per heavy atom. The molecule has 236 valence electrons. The van der Waals surface area contributed by atoms with Crippen LogP contribution in [-0.2, 0) is 27.0 Å². The Bertz CT molecular complexity index is 1530. The Kier molecular flexibility index (Phi) is 11.5. The van der Waals surface area contributed by atoms with E-state index in [2.05, 4.69) is 0 Å². The largest absolute Gasteiger partial charge is 0.497 e. The zero-order valence-electron chi connectivity index (χ0n) is 24.5. The first-order valence-electron chi connectivity index (χ1n) is 13.1. The van der Waals surface area contributed by atoms with Crippen LogP contribution in [0, 0.1) is 0 Å². The number of rotatable bonds is 12. The molecule has 0 spiro atoms. The Morgan fingerprint density at radius 2 is 1.64 bits per heavy atom. The van der Waals surface area contributed by atoms with Crippen molar-refractivity contribution in [1.29, 1.82) is 0 Å². The number of para-hydroxylation sites is 1. The number of nitrogens with zero attached hydrogens (tertiary/aromatic N) is 1. The summed E-state index contributed by atoms with van der Waals surface area (Å²) in [6, 6.07) is 10.9. The molecular formula is C31H31ClF3NO8. The molecule has 3 aromatic carbocycles. The van der Waals surface area contributed by atoms with Gasteiger partial charge in [0, 0.05) is 34.9 Å². The van der Waals surface area contributed by atoms with Crippen molar-refractivity contribution in [2.75, 3.05) is 39.9 Å². The number of esters is 1. The van der Waals surface area contributed by atoms with Gasteiger partial charge in [-0.1, -0.05) is 23.7 Å². The third-order valence-electron chi connectivity index (χ3n) is 6.47. The Balaban J connectivity index is 2.33. The van der Waals surface area contributed by atoms with E-state index in [0.717, 1.165) is 23.1 Å². The first-order chi connectivity index (χ1) is 20.9. The summed E-state index contributed by atoms with van der Waals surface area (Å²) in [7, 11) is 5.53. The third kappa shape index (κ3) is 7.74. The van der Waals surface area contributed by atoms with Crippen LogP contribution in [0.5, 0.6) is 23.0 Å². The van der Waals surface area contributed by atoms with Crippen molar-refractivity contribution >= 4 is 29.2 Å². The molecule has 1 unspecified atom stereocenters. The molecule has 0 aromatic heterocycles. The number of amides is 1. The summed E-state index contributed by atoms with van der Waals surface area (Å²) >= 11 is 6.11. The minimum atomic E-state index is -4.92. The van der Waals surface area contributed by atoms with Gasteiger partial charge in [-0.3, -0.25) is 4.79 Å². The molecule has 1 N–H and O–H groups in total. The number of aliphatic hydroxyl groups is 1. The number of halogens is 4. The number of benzene rings is 3. The van der Waals surface area contributed by atoms with Crippen LogP contribution in [0.1, 0.15) is 35.3 Å². The fourth-order valence-corrected chi connectivity index (χ4v) is 4.68. The highest BCUT2D eigenvalue weighted by molar-refractivity contribution is 6.31. The van der Waals surface area contributed by atoms with E-state index in [1.807, 2.05) is 0 Å². The molecule has 3 rings (SSSR count). The minimum absolute atomic E-state index is 0.0367. The van der Waals surface area contributed by atoms with Crippen molar-refractivity contribution in [1.82, 2.24) is 0 Å². The second-order valence-electron chi connectivity index (χ2n) is 9.06. The number of alkyl halides is 3. The predicted octanol–water partition coefficient (Wildman–Crippen LogP) is 6.13. The highest BCUT2D eigenvalue weighted by atomic mass is 35.5. The number of methoxy groups -OCH3 is 4. The lowest BCUT2D eigenvalue weighted by Gasteiger charge is -2.29. The first-order valence-corrected chi connectivity index (χ1v) is 13.4. The normalized spacial score (nSPS) is 12.0. The fraction of sp³-hybridized carbons (Fsp3) is 0.290. The molecular weight excluding hydrogens is 607 g/mol. The maximum Gasteiger partial charge on any atom is 0.417 e. The number of anilines is 1. The first kappa shape index (κ1) is 34.1. The summed E-state index contributed by atoms with van der Waals surface area (Å²) in [6.07, 6.45) is -4.86. The van der Waals surface area contributed by atoms with E-state index in [4.69, 9.17) is 35.3 Å². The summed E-state index contributed by atoms with van der Waals surface area (Å²) in [4.78, 5) is 26.7.